The molecule has 0 aliphatic rings. The third-order valence-corrected chi connectivity index (χ3v) is 1.15. The molecule has 1 nitrogen and oxygen atoms in total. The van der Waals surface area contributed by atoms with E-state index in [2.05, 4.69) is 6.92 Å². The smallest absolute Gasteiger partial charge is 0.0956 e. The predicted octanol–water partition coefficient (Wildman–Crippen LogP) is 2.89. The van der Waals surface area contributed by atoms with Crippen LogP contribution in [0.4, 0.5) is 0 Å². The van der Waals surface area contributed by atoms with Crippen LogP contribution in [-0.4, -0.2) is 6.61 Å². The summed E-state index contributed by atoms with van der Waals surface area (Å²) in [5.74, 6) is 1.06. The molecule has 0 rings (SSSR count). The Labute approximate surface area is 63.4 Å². The van der Waals surface area contributed by atoms with Crippen molar-refractivity contribution in [3.63, 3.8) is 0 Å². The van der Waals surface area contributed by atoms with Crippen molar-refractivity contribution in [3.8, 4) is 0 Å². The maximum absolute atomic E-state index is 5.30. The topological polar surface area (TPSA) is 9.23 Å². The number of hydrogen-bond acceptors (Lipinski definition) is 1. The molecule has 0 bridgehead atoms. The number of hydrogen-bond donors (Lipinski definition) is 0. The minimum Gasteiger partial charge on any atom is -0.498 e. The normalized spacial score (nSPS) is 12.5. The molecule has 0 spiro atoms. The van der Waals surface area contributed by atoms with E-state index < -0.39 is 0 Å². The van der Waals surface area contributed by atoms with Crippen LogP contribution in [0.15, 0.2) is 24.0 Å². The lowest BCUT2D eigenvalue weighted by molar-refractivity contribution is 0.221. The van der Waals surface area contributed by atoms with E-state index in [4.69, 9.17) is 4.74 Å². The van der Waals surface area contributed by atoms with Crippen molar-refractivity contribution < 1.29 is 4.74 Å². The first-order valence-electron chi connectivity index (χ1n) is 3.79. The standard InChI is InChI=1S/C9H16O/c1-4-7-8-9(5-2)10-6-3/h4,7-8H,5-6H2,1-3H3/b7-4-,9-8+. The Morgan fingerprint density at radius 3 is 2.50 bits per heavy atom. The van der Waals surface area contributed by atoms with Gasteiger partial charge in [0.1, 0.15) is 0 Å². The minimum absolute atomic E-state index is 0.761. The molecule has 58 valence electrons. The fourth-order valence-corrected chi connectivity index (χ4v) is 0.657. The Morgan fingerprint density at radius 1 is 1.40 bits per heavy atom. The van der Waals surface area contributed by atoms with Crippen molar-refractivity contribution in [1.29, 1.82) is 0 Å². The molecule has 0 radical (unpaired) electrons. The van der Waals surface area contributed by atoms with Gasteiger partial charge in [-0.1, -0.05) is 19.1 Å². The van der Waals surface area contributed by atoms with Gasteiger partial charge in [0.05, 0.1) is 12.4 Å². The van der Waals surface area contributed by atoms with Crippen molar-refractivity contribution in [2.24, 2.45) is 0 Å². The highest BCUT2D eigenvalue weighted by Gasteiger charge is 1.87. The van der Waals surface area contributed by atoms with Crippen molar-refractivity contribution in [3.05, 3.63) is 24.0 Å². The lowest BCUT2D eigenvalue weighted by Gasteiger charge is -2.03. The van der Waals surface area contributed by atoms with Gasteiger partial charge in [-0.15, -0.1) is 0 Å². The lowest BCUT2D eigenvalue weighted by Crippen LogP contribution is -1.88. The maximum Gasteiger partial charge on any atom is 0.0956 e. The lowest BCUT2D eigenvalue weighted by atomic mass is 10.3. The first kappa shape index (κ1) is 9.28. The van der Waals surface area contributed by atoms with Gasteiger partial charge in [0.25, 0.3) is 0 Å². The molecule has 0 heterocycles. The molecule has 0 aliphatic heterocycles. The summed E-state index contributed by atoms with van der Waals surface area (Å²) >= 11 is 0. The van der Waals surface area contributed by atoms with Crippen LogP contribution in [0.1, 0.15) is 27.2 Å². The van der Waals surface area contributed by atoms with Gasteiger partial charge in [-0.25, -0.2) is 0 Å². The summed E-state index contributed by atoms with van der Waals surface area (Å²) in [6.07, 6.45) is 6.96. The monoisotopic (exact) mass is 140 g/mol. The summed E-state index contributed by atoms with van der Waals surface area (Å²) < 4.78 is 5.30. The van der Waals surface area contributed by atoms with Crippen LogP contribution in [0.3, 0.4) is 0 Å². The van der Waals surface area contributed by atoms with E-state index in [9.17, 15) is 0 Å². The fraction of sp³-hybridized carbons (Fsp3) is 0.556. The van der Waals surface area contributed by atoms with Gasteiger partial charge in [0, 0.05) is 6.42 Å². The summed E-state index contributed by atoms with van der Waals surface area (Å²) in [4.78, 5) is 0. The van der Waals surface area contributed by atoms with Crippen LogP contribution in [0.2, 0.25) is 0 Å². The summed E-state index contributed by atoms with van der Waals surface area (Å²) in [5, 5.41) is 0. The molecule has 1 heteroatoms. The molecule has 0 aromatic rings. The van der Waals surface area contributed by atoms with E-state index in [1.807, 2.05) is 32.1 Å². The van der Waals surface area contributed by atoms with Crippen molar-refractivity contribution in [2.75, 3.05) is 6.61 Å². The molecule has 0 amide bonds. The highest BCUT2D eigenvalue weighted by Crippen LogP contribution is 2.01. The van der Waals surface area contributed by atoms with Gasteiger partial charge < -0.3 is 4.74 Å². The number of rotatable bonds is 4. The Kier molecular flexibility index (Phi) is 5.94. The largest absolute Gasteiger partial charge is 0.498 e. The highest BCUT2D eigenvalue weighted by molar-refractivity contribution is 5.06. The zero-order chi connectivity index (χ0) is 7.82. The molecule has 0 atom stereocenters. The summed E-state index contributed by atoms with van der Waals surface area (Å²) in [6.45, 7) is 6.84. The average molecular weight is 140 g/mol. The summed E-state index contributed by atoms with van der Waals surface area (Å²) in [6, 6.07) is 0. The second-order valence-electron chi connectivity index (χ2n) is 1.95. The number of ether oxygens (including phenoxy) is 1. The quantitative estimate of drug-likeness (QED) is 0.431. The van der Waals surface area contributed by atoms with Gasteiger partial charge in [0.15, 0.2) is 0 Å². The maximum atomic E-state index is 5.30. The van der Waals surface area contributed by atoms with E-state index in [1.54, 1.807) is 0 Å². The van der Waals surface area contributed by atoms with Crippen LogP contribution in [0, 0.1) is 0 Å². The Bertz CT molecular complexity index is 123. The Balaban J connectivity index is 3.78. The Hall–Kier alpha value is -0.720. The third-order valence-electron chi connectivity index (χ3n) is 1.15. The van der Waals surface area contributed by atoms with Gasteiger partial charge in [-0.2, -0.15) is 0 Å². The van der Waals surface area contributed by atoms with E-state index in [0.29, 0.717) is 0 Å². The van der Waals surface area contributed by atoms with E-state index in [1.165, 1.54) is 0 Å². The SMILES string of the molecule is C/C=C\C=C(/CC)OCC. The van der Waals surface area contributed by atoms with Crippen LogP contribution in [-0.2, 0) is 4.74 Å². The highest BCUT2D eigenvalue weighted by atomic mass is 16.5. The minimum atomic E-state index is 0.761. The van der Waals surface area contributed by atoms with Gasteiger partial charge in [0.2, 0.25) is 0 Å². The molecular weight excluding hydrogens is 124 g/mol. The second-order valence-corrected chi connectivity index (χ2v) is 1.95. The van der Waals surface area contributed by atoms with Crippen LogP contribution in [0.5, 0.6) is 0 Å². The Morgan fingerprint density at radius 2 is 2.10 bits per heavy atom. The molecule has 0 fully saturated rings. The van der Waals surface area contributed by atoms with Crippen molar-refractivity contribution in [1.82, 2.24) is 0 Å². The van der Waals surface area contributed by atoms with Gasteiger partial charge in [-0.05, 0) is 19.9 Å². The van der Waals surface area contributed by atoms with E-state index in [-0.39, 0.29) is 0 Å². The first-order chi connectivity index (χ1) is 4.85. The van der Waals surface area contributed by atoms with Crippen molar-refractivity contribution >= 4 is 0 Å². The second kappa shape index (κ2) is 6.40. The van der Waals surface area contributed by atoms with Gasteiger partial charge >= 0.3 is 0 Å². The van der Waals surface area contributed by atoms with Crippen LogP contribution < -0.4 is 0 Å². The number of allylic oxidation sites excluding steroid dienone is 4. The van der Waals surface area contributed by atoms with E-state index >= 15 is 0 Å². The zero-order valence-corrected chi connectivity index (χ0v) is 7.05. The average Bonchev–Trinajstić information content (AvgIpc) is 1.98. The molecule has 0 saturated heterocycles. The first-order valence-corrected chi connectivity index (χ1v) is 3.79. The van der Waals surface area contributed by atoms with Crippen LogP contribution in [0.25, 0.3) is 0 Å². The molecule has 0 aromatic heterocycles. The fourth-order valence-electron chi connectivity index (χ4n) is 0.657. The summed E-state index contributed by atoms with van der Waals surface area (Å²) in [5.41, 5.74) is 0. The molecule has 0 aromatic carbocycles. The molecular formula is C9H16O. The molecule has 10 heavy (non-hydrogen) atoms. The predicted molar refractivity (Wildman–Crippen MR) is 44.8 cm³/mol. The summed E-state index contributed by atoms with van der Waals surface area (Å²) in [7, 11) is 0. The molecule has 0 unspecified atom stereocenters. The molecule has 0 aliphatic carbocycles. The van der Waals surface area contributed by atoms with Crippen LogP contribution >= 0.6 is 0 Å². The van der Waals surface area contributed by atoms with Gasteiger partial charge in [-0.3, -0.25) is 0 Å². The molecule has 0 saturated carbocycles. The van der Waals surface area contributed by atoms with Crippen molar-refractivity contribution in [2.45, 2.75) is 27.2 Å². The zero-order valence-electron chi connectivity index (χ0n) is 7.05. The molecule has 0 N–H and O–H groups in total. The van der Waals surface area contributed by atoms with E-state index in [0.717, 1.165) is 18.8 Å². The third kappa shape index (κ3) is 4.19.